The minimum atomic E-state index is -0.389. The molecule has 108 valence electrons. The van der Waals surface area contributed by atoms with Gasteiger partial charge in [0.05, 0.1) is 16.9 Å². The molecule has 0 saturated heterocycles. The Balaban J connectivity index is 1.81. The second-order valence-electron chi connectivity index (χ2n) is 4.09. The fourth-order valence-corrected chi connectivity index (χ4v) is 1.71. The molecule has 21 heavy (non-hydrogen) atoms. The van der Waals surface area contributed by atoms with E-state index >= 15 is 0 Å². The monoisotopic (exact) mass is 306 g/mol. The fourth-order valence-electron chi connectivity index (χ4n) is 1.53. The lowest BCUT2D eigenvalue weighted by Gasteiger charge is -2.05. The number of rotatable bonds is 5. The highest BCUT2D eigenvalue weighted by atomic mass is 35.5. The number of amides is 1. The Labute approximate surface area is 126 Å². The van der Waals surface area contributed by atoms with Crippen molar-refractivity contribution < 1.29 is 14.0 Å². The van der Waals surface area contributed by atoms with Gasteiger partial charge in [0.2, 0.25) is 0 Å². The molecule has 1 N–H and O–H groups in total. The number of halogens is 2. The molecule has 0 atom stereocenters. The quantitative estimate of drug-likeness (QED) is 0.679. The van der Waals surface area contributed by atoms with E-state index in [4.69, 9.17) is 16.4 Å². The summed E-state index contributed by atoms with van der Waals surface area (Å²) in [5.41, 5.74) is 1.04. The number of carbonyl (C=O) groups is 1. The van der Waals surface area contributed by atoms with Gasteiger partial charge in [0, 0.05) is 0 Å². The molecule has 0 aliphatic carbocycles. The number of para-hydroxylation sites is 1. The standard InChI is InChI=1S/C15H12ClFN2O2/c16-13-6-1-2-7-14(13)19-15(20)10-21-18-9-11-4-3-5-12(17)8-11/h1-9H,10H2,(H,19,20)/b18-9-. The molecule has 0 spiro atoms. The van der Waals surface area contributed by atoms with E-state index in [0.717, 1.165) is 0 Å². The first kappa shape index (κ1) is 15.0. The van der Waals surface area contributed by atoms with Crippen molar-refractivity contribution in [2.24, 2.45) is 5.16 Å². The number of anilines is 1. The number of hydrogen-bond donors (Lipinski definition) is 1. The highest BCUT2D eigenvalue weighted by Gasteiger charge is 2.05. The molecule has 0 aromatic heterocycles. The Morgan fingerprint density at radius 3 is 2.86 bits per heavy atom. The summed E-state index contributed by atoms with van der Waals surface area (Å²) >= 11 is 5.90. The second kappa shape index (κ2) is 7.40. The number of nitrogens with zero attached hydrogens (tertiary/aromatic N) is 1. The average Bonchev–Trinajstić information content (AvgIpc) is 2.46. The van der Waals surface area contributed by atoms with Gasteiger partial charge in [-0.1, -0.05) is 41.0 Å². The van der Waals surface area contributed by atoms with Gasteiger partial charge in [0.25, 0.3) is 5.91 Å². The van der Waals surface area contributed by atoms with Gasteiger partial charge in [-0.25, -0.2) is 4.39 Å². The van der Waals surface area contributed by atoms with E-state index in [9.17, 15) is 9.18 Å². The third-order valence-electron chi connectivity index (χ3n) is 2.47. The maximum Gasteiger partial charge on any atom is 0.265 e. The van der Waals surface area contributed by atoms with Gasteiger partial charge in [-0.15, -0.1) is 0 Å². The highest BCUT2D eigenvalue weighted by molar-refractivity contribution is 6.33. The summed E-state index contributed by atoms with van der Waals surface area (Å²) in [6, 6.07) is 12.7. The molecule has 4 nitrogen and oxygen atoms in total. The molecule has 0 heterocycles. The maximum absolute atomic E-state index is 12.9. The lowest BCUT2D eigenvalue weighted by Crippen LogP contribution is -2.17. The third-order valence-corrected chi connectivity index (χ3v) is 2.80. The van der Waals surface area contributed by atoms with Crippen LogP contribution in [-0.4, -0.2) is 18.7 Å². The van der Waals surface area contributed by atoms with Crippen molar-refractivity contribution in [2.45, 2.75) is 0 Å². The zero-order chi connectivity index (χ0) is 15.1. The number of oxime groups is 1. The topological polar surface area (TPSA) is 50.7 Å². The van der Waals surface area contributed by atoms with Crippen molar-refractivity contribution in [3.63, 3.8) is 0 Å². The lowest BCUT2D eigenvalue weighted by molar-refractivity contribution is -0.120. The van der Waals surface area contributed by atoms with Crippen molar-refractivity contribution in [3.8, 4) is 0 Å². The number of benzene rings is 2. The van der Waals surface area contributed by atoms with Crippen LogP contribution in [0.1, 0.15) is 5.56 Å². The van der Waals surface area contributed by atoms with Crippen LogP contribution < -0.4 is 5.32 Å². The van der Waals surface area contributed by atoms with E-state index in [1.807, 2.05) is 0 Å². The normalized spacial score (nSPS) is 10.6. The summed E-state index contributed by atoms with van der Waals surface area (Å²) in [7, 11) is 0. The SMILES string of the molecule is O=C(CO/N=C\c1cccc(F)c1)Nc1ccccc1Cl. The Bertz CT molecular complexity index is 662. The first-order valence-electron chi connectivity index (χ1n) is 6.10. The smallest absolute Gasteiger partial charge is 0.265 e. The van der Waals surface area contributed by atoms with Crippen LogP contribution in [0.3, 0.4) is 0 Å². The van der Waals surface area contributed by atoms with Gasteiger partial charge >= 0.3 is 0 Å². The molecule has 0 unspecified atom stereocenters. The summed E-state index contributed by atoms with van der Waals surface area (Å²) in [6.07, 6.45) is 1.33. The Morgan fingerprint density at radius 1 is 1.29 bits per heavy atom. The minimum absolute atomic E-state index is 0.267. The molecule has 1 amide bonds. The van der Waals surface area contributed by atoms with Crippen molar-refractivity contribution in [2.75, 3.05) is 11.9 Å². The second-order valence-corrected chi connectivity index (χ2v) is 4.50. The van der Waals surface area contributed by atoms with Gasteiger partial charge < -0.3 is 10.2 Å². The van der Waals surface area contributed by atoms with Crippen molar-refractivity contribution >= 4 is 29.4 Å². The first-order valence-corrected chi connectivity index (χ1v) is 6.48. The van der Waals surface area contributed by atoms with Gasteiger partial charge in [-0.05, 0) is 29.8 Å². The Hall–Kier alpha value is -2.40. The van der Waals surface area contributed by atoms with E-state index in [-0.39, 0.29) is 18.3 Å². The van der Waals surface area contributed by atoms with Crippen LogP contribution in [0.5, 0.6) is 0 Å². The zero-order valence-electron chi connectivity index (χ0n) is 10.9. The van der Waals surface area contributed by atoms with Gasteiger partial charge in [0.15, 0.2) is 6.61 Å². The lowest BCUT2D eigenvalue weighted by atomic mass is 10.2. The largest absolute Gasteiger partial charge is 0.386 e. The first-order chi connectivity index (χ1) is 10.1. The zero-order valence-corrected chi connectivity index (χ0v) is 11.7. The predicted octanol–water partition coefficient (Wildman–Crippen LogP) is 3.47. The van der Waals surface area contributed by atoms with E-state index in [2.05, 4.69) is 10.5 Å². The van der Waals surface area contributed by atoms with Crippen LogP contribution in [0.15, 0.2) is 53.7 Å². The van der Waals surface area contributed by atoms with Crippen molar-refractivity contribution in [3.05, 3.63) is 64.9 Å². The number of carbonyl (C=O) groups excluding carboxylic acids is 1. The van der Waals surface area contributed by atoms with Crippen LogP contribution in [0.4, 0.5) is 10.1 Å². The van der Waals surface area contributed by atoms with Crippen molar-refractivity contribution in [1.82, 2.24) is 0 Å². The molecule has 0 fully saturated rings. The predicted molar refractivity (Wildman–Crippen MR) is 80.0 cm³/mol. The summed E-state index contributed by atoms with van der Waals surface area (Å²) in [6.45, 7) is -0.267. The molecule has 0 aliphatic heterocycles. The third kappa shape index (κ3) is 4.89. The fraction of sp³-hybridized carbons (Fsp3) is 0.0667. The molecular weight excluding hydrogens is 295 g/mol. The molecule has 6 heteroatoms. The number of hydrogen-bond acceptors (Lipinski definition) is 3. The highest BCUT2D eigenvalue weighted by Crippen LogP contribution is 2.20. The van der Waals surface area contributed by atoms with Crippen LogP contribution in [0, 0.1) is 5.82 Å². The van der Waals surface area contributed by atoms with Gasteiger partial charge in [-0.3, -0.25) is 4.79 Å². The molecule has 0 aliphatic rings. The molecule has 0 saturated carbocycles. The van der Waals surface area contributed by atoms with E-state index in [1.165, 1.54) is 18.3 Å². The average molecular weight is 307 g/mol. The number of nitrogens with one attached hydrogen (secondary N) is 1. The maximum atomic E-state index is 12.9. The minimum Gasteiger partial charge on any atom is -0.386 e. The van der Waals surface area contributed by atoms with Crippen LogP contribution >= 0.6 is 11.6 Å². The summed E-state index contributed by atoms with van der Waals surface area (Å²) in [5, 5.41) is 6.63. The molecule has 0 bridgehead atoms. The van der Waals surface area contributed by atoms with Gasteiger partial charge in [0.1, 0.15) is 5.82 Å². The molecule has 2 rings (SSSR count). The Kier molecular flexibility index (Phi) is 5.29. The van der Waals surface area contributed by atoms with E-state index in [1.54, 1.807) is 36.4 Å². The van der Waals surface area contributed by atoms with Crippen LogP contribution in [-0.2, 0) is 9.63 Å². The molecule has 2 aromatic rings. The Morgan fingerprint density at radius 2 is 2.10 bits per heavy atom. The van der Waals surface area contributed by atoms with E-state index < -0.39 is 0 Å². The summed E-state index contributed by atoms with van der Waals surface area (Å²) in [4.78, 5) is 16.4. The van der Waals surface area contributed by atoms with E-state index in [0.29, 0.717) is 16.3 Å². The van der Waals surface area contributed by atoms with Crippen LogP contribution in [0.2, 0.25) is 5.02 Å². The molecule has 0 radical (unpaired) electrons. The molecule has 2 aromatic carbocycles. The van der Waals surface area contributed by atoms with Crippen LogP contribution in [0.25, 0.3) is 0 Å². The summed E-state index contributed by atoms with van der Waals surface area (Å²) in [5.74, 6) is -0.755. The summed E-state index contributed by atoms with van der Waals surface area (Å²) < 4.78 is 12.9. The van der Waals surface area contributed by atoms with Crippen molar-refractivity contribution in [1.29, 1.82) is 0 Å². The molecular formula is C15H12ClFN2O2. The van der Waals surface area contributed by atoms with Gasteiger partial charge in [-0.2, -0.15) is 0 Å².